The molecule has 92 valence electrons. The van der Waals surface area contributed by atoms with Gasteiger partial charge in [-0.1, -0.05) is 19.1 Å². The smallest absolute Gasteiger partial charge is 0.328 e. The zero-order valence-corrected chi connectivity index (χ0v) is 10.1. The lowest BCUT2D eigenvalue weighted by Gasteiger charge is -1.98. The van der Waals surface area contributed by atoms with Crippen LogP contribution in [-0.2, 0) is 4.79 Å². The number of hydrogen-bond acceptors (Lipinski definition) is 2. The van der Waals surface area contributed by atoms with Crippen molar-refractivity contribution in [1.29, 1.82) is 0 Å². The molecule has 0 bridgehead atoms. The summed E-state index contributed by atoms with van der Waals surface area (Å²) in [6, 6.07) is 5.58. The summed E-state index contributed by atoms with van der Waals surface area (Å²) in [7, 11) is 0. The molecule has 0 amide bonds. The van der Waals surface area contributed by atoms with Crippen LogP contribution in [-0.4, -0.2) is 21.0 Å². The Morgan fingerprint density at radius 2 is 2.33 bits per heavy atom. The standard InChI is InChI=1S/C14H14N2O2/c1-3-9(2)14-15-11-6-4-10(5-7-13(17)18)8-12(11)16-14/h3-9H,1H2,2H3,(H,15,16)(H,17,18)/b7-5+/t9-/m1/s1. The summed E-state index contributed by atoms with van der Waals surface area (Å²) in [5.74, 6) is 0.0652. The summed E-state index contributed by atoms with van der Waals surface area (Å²) in [5.41, 5.74) is 2.59. The fourth-order valence-corrected chi connectivity index (χ4v) is 1.65. The van der Waals surface area contributed by atoms with E-state index >= 15 is 0 Å². The molecule has 1 heterocycles. The molecule has 2 rings (SSSR count). The van der Waals surface area contributed by atoms with Crippen molar-refractivity contribution in [2.75, 3.05) is 0 Å². The van der Waals surface area contributed by atoms with Gasteiger partial charge < -0.3 is 10.1 Å². The zero-order valence-electron chi connectivity index (χ0n) is 10.1. The van der Waals surface area contributed by atoms with Gasteiger partial charge in [0.05, 0.1) is 11.0 Å². The number of nitrogens with one attached hydrogen (secondary N) is 1. The topological polar surface area (TPSA) is 66.0 Å². The van der Waals surface area contributed by atoms with E-state index < -0.39 is 5.97 Å². The third-order valence-electron chi connectivity index (χ3n) is 2.73. The molecular weight excluding hydrogens is 228 g/mol. The molecule has 0 saturated carbocycles. The van der Waals surface area contributed by atoms with Gasteiger partial charge in [-0.3, -0.25) is 0 Å². The number of fused-ring (bicyclic) bond motifs is 1. The predicted molar refractivity (Wildman–Crippen MR) is 71.4 cm³/mol. The van der Waals surface area contributed by atoms with Gasteiger partial charge in [0.2, 0.25) is 0 Å². The van der Waals surface area contributed by atoms with Gasteiger partial charge in [-0.2, -0.15) is 0 Å². The van der Waals surface area contributed by atoms with E-state index in [1.807, 2.05) is 31.2 Å². The van der Waals surface area contributed by atoms with Gasteiger partial charge in [-0.15, -0.1) is 6.58 Å². The molecule has 4 heteroatoms. The lowest BCUT2D eigenvalue weighted by molar-refractivity contribution is -0.131. The molecule has 0 saturated heterocycles. The summed E-state index contributed by atoms with van der Waals surface area (Å²) in [6.07, 6.45) is 4.49. The van der Waals surface area contributed by atoms with E-state index in [2.05, 4.69) is 16.5 Å². The van der Waals surface area contributed by atoms with Crippen molar-refractivity contribution in [3.05, 3.63) is 48.3 Å². The predicted octanol–water partition coefficient (Wildman–Crippen LogP) is 2.95. The molecule has 4 nitrogen and oxygen atoms in total. The first-order valence-electron chi connectivity index (χ1n) is 5.63. The van der Waals surface area contributed by atoms with Crippen LogP contribution in [0.2, 0.25) is 0 Å². The SMILES string of the molecule is C=C[C@@H](C)c1nc2ccc(/C=C/C(=O)O)cc2[nH]1. The molecule has 1 atom stereocenters. The van der Waals surface area contributed by atoms with Crippen molar-refractivity contribution < 1.29 is 9.90 Å². The Morgan fingerprint density at radius 3 is 3.00 bits per heavy atom. The molecule has 2 N–H and O–H groups in total. The number of hydrogen-bond donors (Lipinski definition) is 2. The molecule has 0 spiro atoms. The Morgan fingerprint density at radius 1 is 1.56 bits per heavy atom. The second-order valence-electron chi connectivity index (χ2n) is 4.09. The Labute approximate surface area is 105 Å². The average Bonchev–Trinajstić information content (AvgIpc) is 2.78. The maximum Gasteiger partial charge on any atom is 0.328 e. The lowest BCUT2D eigenvalue weighted by Crippen LogP contribution is -1.90. The summed E-state index contributed by atoms with van der Waals surface area (Å²) in [6.45, 7) is 5.75. The first-order valence-corrected chi connectivity index (χ1v) is 5.63. The molecule has 18 heavy (non-hydrogen) atoms. The molecular formula is C14H14N2O2. The summed E-state index contributed by atoms with van der Waals surface area (Å²) < 4.78 is 0. The van der Waals surface area contributed by atoms with Crippen LogP contribution >= 0.6 is 0 Å². The van der Waals surface area contributed by atoms with Crippen molar-refractivity contribution in [2.45, 2.75) is 12.8 Å². The van der Waals surface area contributed by atoms with Crippen LogP contribution in [0.3, 0.4) is 0 Å². The maximum absolute atomic E-state index is 10.5. The van der Waals surface area contributed by atoms with Crippen LogP contribution in [0, 0.1) is 0 Å². The minimum atomic E-state index is -0.958. The number of rotatable bonds is 4. The Bertz CT molecular complexity index is 626. The minimum absolute atomic E-state index is 0.162. The molecule has 1 aromatic carbocycles. The van der Waals surface area contributed by atoms with Crippen LogP contribution in [0.4, 0.5) is 0 Å². The fraction of sp³-hybridized carbons (Fsp3) is 0.143. The number of nitrogens with zero attached hydrogens (tertiary/aromatic N) is 1. The number of imidazole rings is 1. The highest BCUT2D eigenvalue weighted by atomic mass is 16.4. The van der Waals surface area contributed by atoms with E-state index in [-0.39, 0.29) is 5.92 Å². The van der Waals surface area contributed by atoms with Gasteiger partial charge >= 0.3 is 5.97 Å². The third kappa shape index (κ3) is 2.48. The molecule has 2 aromatic rings. The van der Waals surface area contributed by atoms with E-state index in [1.54, 1.807) is 6.08 Å². The quantitative estimate of drug-likeness (QED) is 0.640. The van der Waals surface area contributed by atoms with Gasteiger partial charge in [-0.05, 0) is 23.8 Å². The monoisotopic (exact) mass is 242 g/mol. The molecule has 0 radical (unpaired) electrons. The summed E-state index contributed by atoms with van der Waals surface area (Å²) in [5, 5.41) is 8.58. The highest BCUT2D eigenvalue weighted by molar-refractivity contribution is 5.86. The Hall–Kier alpha value is -2.36. The highest BCUT2D eigenvalue weighted by Gasteiger charge is 2.07. The number of benzene rings is 1. The van der Waals surface area contributed by atoms with Crippen molar-refractivity contribution in [3.63, 3.8) is 0 Å². The van der Waals surface area contributed by atoms with Crippen molar-refractivity contribution >= 4 is 23.1 Å². The Balaban J connectivity index is 2.39. The molecule has 0 fully saturated rings. The summed E-state index contributed by atoms with van der Waals surface area (Å²) in [4.78, 5) is 18.1. The number of allylic oxidation sites excluding steroid dienone is 1. The van der Waals surface area contributed by atoms with E-state index in [4.69, 9.17) is 5.11 Å². The maximum atomic E-state index is 10.5. The van der Waals surface area contributed by atoms with Crippen molar-refractivity contribution in [2.24, 2.45) is 0 Å². The zero-order chi connectivity index (χ0) is 13.1. The van der Waals surface area contributed by atoms with Crippen molar-refractivity contribution in [1.82, 2.24) is 9.97 Å². The average molecular weight is 242 g/mol. The second-order valence-corrected chi connectivity index (χ2v) is 4.09. The molecule has 0 unspecified atom stereocenters. The number of aliphatic carboxylic acids is 1. The van der Waals surface area contributed by atoms with Gasteiger partial charge in [0.25, 0.3) is 0 Å². The van der Waals surface area contributed by atoms with E-state index in [0.717, 1.165) is 28.5 Å². The fourth-order valence-electron chi connectivity index (χ4n) is 1.65. The number of carboxylic acids is 1. The molecule has 0 aliphatic heterocycles. The number of carboxylic acid groups (broad SMARTS) is 1. The minimum Gasteiger partial charge on any atom is -0.478 e. The van der Waals surface area contributed by atoms with Crippen LogP contribution in [0.15, 0.2) is 36.9 Å². The summed E-state index contributed by atoms with van der Waals surface area (Å²) >= 11 is 0. The second kappa shape index (κ2) is 4.87. The number of aromatic nitrogens is 2. The van der Waals surface area contributed by atoms with Gasteiger partial charge in [0.1, 0.15) is 5.82 Å². The number of aromatic amines is 1. The lowest BCUT2D eigenvalue weighted by atomic mass is 10.2. The number of carbonyl (C=O) groups is 1. The van der Waals surface area contributed by atoms with Crippen LogP contribution in [0.25, 0.3) is 17.1 Å². The van der Waals surface area contributed by atoms with E-state index in [1.165, 1.54) is 0 Å². The molecule has 0 aliphatic rings. The van der Waals surface area contributed by atoms with Crippen LogP contribution in [0.5, 0.6) is 0 Å². The van der Waals surface area contributed by atoms with E-state index in [0.29, 0.717) is 0 Å². The van der Waals surface area contributed by atoms with Crippen LogP contribution in [0.1, 0.15) is 24.2 Å². The molecule has 1 aromatic heterocycles. The first-order chi connectivity index (χ1) is 8.60. The third-order valence-corrected chi connectivity index (χ3v) is 2.73. The normalized spacial score (nSPS) is 12.9. The largest absolute Gasteiger partial charge is 0.478 e. The van der Waals surface area contributed by atoms with E-state index in [9.17, 15) is 4.79 Å². The van der Waals surface area contributed by atoms with Crippen molar-refractivity contribution in [3.8, 4) is 0 Å². The van der Waals surface area contributed by atoms with Crippen LogP contribution < -0.4 is 0 Å². The highest BCUT2D eigenvalue weighted by Crippen LogP contribution is 2.19. The van der Waals surface area contributed by atoms with Gasteiger partial charge in [0, 0.05) is 12.0 Å². The first kappa shape index (κ1) is 12.1. The van der Waals surface area contributed by atoms with Gasteiger partial charge in [-0.25, -0.2) is 9.78 Å². The molecule has 0 aliphatic carbocycles. The number of H-pyrrole nitrogens is 1. The van der Waals surface area contributed by atoms with Gasteiger partial charge in [0.15, 0.2) is 0 Å². The Kier molecular flexibility index (Phi) is 3.28.